The molecule has 0 fully saturated rings. The van der Waals surface area contributed by atoms with Gasteiger partial charge in [-0.3, -0.25) is 0 Å². The van der Waals surface area contributed by atoms with Crippen molar-refractivity contribution in [2.45, 2.75) is 12.3 Å². The van der Waals surface area contributed by atoms with E-state index >= 15 is 0 Å². The first kappa shape index (κ1) is 12.3. The SMILES string of the molecule is N#Cc1cc(CCl)c([N+](=O)[O-])nc1C(F)F. The molecule has 0 aliphatic rings. The van der Waals surface area contributed by atoms with Crippen LogP contribution in [0.2, 0.25) is 0 Å². The molecule has 0 aromatic carbocycles. The Labute approximate surface area is 93.4 Å². The second kappa shape index (κ2) is 4.81. The van der Waals surface area contributed by atoms with Gasteiger partial charge in [0.2, 0.25) is 5.69 Å². The van der Waals surface area contributed by atoms with Crippen molar-refractivity contribution in [3.8, 4) is 6.07 Å². The van der Waals surface area contributed by atoms with Crippen molar-refractivity contribution < 1.29 is 13.7 Å². The van der Waals surface area contributed by atoms with Crippen LogP contribution in [-0.4, -0.2) is 9.91 Å². The van der Waals surface area contributed by atoms with E-state index in [-0.39, 0.29) is 11.4 Å². The number of alkyl halides is 3. The molecule has 1 aromatic rings. The van der Waals surface area contributed by atoms with Gasteiger partial charge in [0, 0.05) is 0 Å². The molecule has 0 radical (unpaired) electrons. The van der Waals surface area contributed by atoms with Gasteiger partial charge in [-0.05, 0) is 16.0 Å². The number of nitriles is 1. The smallest absolute Gasteiger partial charge is 0.358 e. The summed E-state index contributed by atoms with van der Waals surface area (Å²) in [6.07, 6.45) is -3.04. The van der Waals surface area contributed by atoms with E-state index < -0.39 is 28.4 Å². The third kappa shape index (κ3) is 2.23. The van der Waals surface area contributed by atoms with E-state index in [1.165, 1.54) is 6.07 Å². The van der Waals surface area contributed by atoms with E-state index in [1.807, 2.05) is 0 Å². The molecule has 0 atom stereocenters. The predicted octanol–water partition coefficient (Wildman–Crippen LogP) is 2.54. The second-order valence-electron chi connectivity index (χ2n) is 2.71. The molecule has 0 unspecified atom stereocenters. The normalized spacial score (nSPS) is 10.2. The molecule has 1 aromatic heterocycles. The van der Waals surface area contributed by atoms with Crippen LogP contribution >= 0.6 is 11.6 Å². The van der Waals surface area contributed by atoms with Gasteiger partial charge in [0.15, 0.2) is 0 Å². The van der Waals surface area contributed by atoms with Gasteiger partial charge in [0.05, 0.1) is 11.4 Å². The fourth-order valence-corrected chi connectivity index (χ4v) is 1.27. The van der Waals surface area contributed by atoms with Crippen LogP contribution in [0.1, 0.15) is 23.2 Å². The highest BCUT2D eigenvalue weighted by Crippen LogP contribution is 2.27. The molecule has 0 saturated carbocycles. The lowest BCUT2D eigenvalue weighted by Crippen LogP contribution is -2.04. The standard InChI is InChI=1S/C8H4ClF2N3O2/c9-2-4-1-5(3-12)6(7(10)11)13-8(4)14(15)16/h1,7H,2H2. The molecule has 0 aliphatic heterocycles. The van der Waals surface area contributed by atoms with E-state index in [9.17, 15) is 18.9 Å². The van der Waals surface area contributed by atoms with Gasteiger partial charge in [-0.1, -0.05) is 0 Å². The molecule has 0 amide bonds. The van der Waals surface area contributed by atoms with Crippen molar-refractivity contribution in [1.29, 1.82) is 5.26 Å². The molecule has 0 N–H and O–H groups in total. The number of pyridine rings is 1. The molecular formula is C8H4ClF2N3O2. The summed E-state index contributed by atoms with van der Waals surface area (Å²) in [6, 6.07) is 2.45. The van der Waals surface area contributed by atoms with Gasteiger partial charge in [-0.15, -0.1) is 11.6 Å². The summed E-state index contributed by atoms with van der Waals surface area (Å²) in [7, 11) is 0. The minimum absolute atomic E-state index is 0.0624. The summed E-state index contributed by atoms with van der Waals surface area (Å²) in [4.78, 5) is 12.8. The van der Waals surface area contributed by atoms with Crippen molar-refractivity contribution >= 4 is 17.4 Å². The Morgan fingerprint density at radius 1 is 1.69 bits per heavy atom. The Morgan fingerprint density at radius 2 is 2.31 bits per heavy atom. The molecule has 0 spiro atoms. The first-order valence-corrected chi connectivity index (χ1v) is 4.47. The van der Waals surface area contributed by atoms with Crippen molar-refractivity contribution in [3.63, 3.8) is 0 Å². The Kier molecular flexibility index (Phi) is 3.68. The Balaban J connectivity index is 3.48. The minimum atomic E-state index is -3.04. The average Bonchev–Trinajstić information content (AvgIpc) is 2.26. The van der Waals surface area contributed by atoms with Gasteiger partial charge >= 0.3 is 12.2 Å². The molecule has 0 aliphatic carbocycles. The molecule has 1 rings (SSSR count). The van der Waals surface area contributed by atoms with E-state index in [0.29, 0.717) is 0 Å². The summed E-state index contributed by atoms with van der Waals surface area (Å²) in [6.45, 7) is 0. The lowest BCUT2D eigenvalue weighted by molar-refractivity contribution is -0.390. The maximum absolute atomic E-state index is 12.4. The highest BCUT2D eigenvalue weighted by Gasteiger charge is 2.26. The number of hydrogen-bond acceptors (Lipinski definition) is 4. The summed E-state index contributed by atoms with van der Waals surface area (Å²) < 4.78 is 24.8. The number of rotatable bonds is 3. The second-order valence-corrected chi connectivity index (χ2v) is 2.97. The Bertz CT molecular complexity index is 473. The van der Waals surface area contributed by atoms with E-state index in [0.717, 1.165) is 6.07 Å². The zero-order valence-corrected chi connectivity index (χ0v) is 8.41. The summed E-state index contributed by atoms with van der Waals surface area (Å²) in [5.41, 5.74) is -1.37. The highest BCUT2D eigenvalue weighted by molar-refractivity contribution is 6.17. The lowest BCUT2D eigenvalue weighted by atomic mass is 10.1. The highest BCUT2D eigenvalue weighted by atomic mass is 35.5. The summed E-state index contributed by atoms with van der Waals surface area (Å²) in [5.74, 6) is -1.02. The molecule has 1 heterocycles. The number of nitro groups is 1. The quantitative estimate of drug-likeness (QED) is 0.467. The van der Waals surface area contributed by atoms with Crippen molar-refractivity contribution in [1.82, 2.24) is 4.98 Å². The maximum Gasteiger partial charge on any atom is 0.368 e. The minimum Gasteiger partial charge on any atom is -0.358 e. The van der Waals surface area contributed by atoms with Crippen molar-refractivity contribution in [2.24, 2.45) is 0 Å². The van der Waals surface area contributed by atoms with E-state index in [2.05, 4.69) is 4.98 Å². The third-order valence-corrected chi connectivity index (χ3v) is 2.04. The fraction of sp³-hybridized carbons (Fsp3) is 0.250. The first-order chi connectivity index (χ1) is 7.51. The summed E-state index contributed by atoms with van der Waals surface area (Å²) in [5, 5.41) is 19.1. The van der Waals surface area contributed by atoms with Crippen molar-refractivity contribution in [2.75, 3.05) is 0 Å². The molecule has 0 saturated heterocycles. The molecular weight excluding hydrogens is 244 g/mol. The molecule has 16 heavy (non-hydrogen) atoms. The van der Waals surface area contributed by atoms with Crippen LogP contribution in [0.25, 0.3) is 0 Å². The van der Waals surface area contributed by atoms with E-state index in [4.69, 9.17) is 16.9 Å². The number of halogens is 3. The van der Waals surface area contributed by atoms with Crippen LogP contribution < -0.4 is 0 Å². The van der Waals surface area contributed by atoms with Crippen LogP contribution in [0.15, 0.2) is 6.07 Å². The van der Waals surface area contributed by atoms with Gasteiger partial charge in [-0.2, -0.15) is 5.26 Å². The monoisotopic (exact) mass is 247 g/mol. The molecule has 0 bridgehead atoms. The van der Waals surface area contributed by atoms with Crippen LogP contribution in [0.5, 0.6) is 0 Å². The Hall–Kier alpha value is -1.81. The number of aromatic nitrogens is 1. The zero-order valence-electron chi connectivity index (χ0n) is 7.65. The van der Waals surface area contributed by atoms with Crippen LogP contribution in [-0.2, 0) is 5.88 Å². The molecule has 84 valence electrons. The number of hydrogen-bond donors (Lipinski definition) is 0. The van der Waals surface area contributed by atoms with Crippen LogP contribution in [0, 0.1) is 21.4 Å². The third-order valence-electron chi connectivity index (χ3n) is 1.75. The molecule has 5 nitrogen and oxygen atoms in total. The van der Waals surface area contributed by atoms with Gasteiger partial charge in [0.25, 0.3) is 0 Å². The van der Waals surface area contributed by atoms with Crippen LogP contribution in [0.3, 0.4) is 0 Å². The predicted molar refractivity (Wildman–Crippen MR) is 50.1 cm³/mol. The maximum atomic E-state index is 12.4. The average molecular weight is 248 g/mol. The lowest BCUT2D eigenvalue weighted by Gasteiger charge is -2.02. The van der Waals surface area contributed by atoms with Crippen molar-refractivity contribution in [3.05, 3.63) is 33.0 Å². The summed E-state index contributed by atoms with van der Waals surface area (Å²) >= 11 is 5.40. The van der Waals surface area contributed by atoms with Crippen LogP contribution in [0.4, 0.5) is 14.6 Å². The van der Waals surface area contributed by atoms with Gasteiger partial charge < -0.3 is 10.1 Å². The molecule has 8 heteroatoms. The topological polar surface area (TPSA) is 79.8 Å². The zero-order chi connectivity index (χ0) is 12.3. The van der Waals surface area contributed by atoms with Gasteiger partial charge in [0.1, 0.15) is 11.6 Å². The largest absolute Gasteiger partial charge is 0.368 e. The van der Waals surface area contributed by atoms with E-state index in [1.54, 1.807) is 0 Å². The number of nitrogens with zero attached hydrogens (tertiary/aromatic N) is 3. The Morgan fingerprint density at radius 3 is 2.69 bits per heavy atom. The fourth-order valence-electron chi connectivity index (χ4n) is 1.07. The van der Waals surface area contributed by atoms with Gasteiger partial charge in [-0.25, -0.2) is 8.78 Å². The first-order valence-electron chi connectivity index (χ1n) is 3.93.